The molecule has 5 heteroatoms. The van der Waals surface area contributed by atoms with Crippen LogP contribution in [-0.4, -0.2) is 21.6 Å². The quantitative estimate of drug-likeness (QED) is 0.520. The molecule has 0 radical (unpaired) electrons. The lowest BCUT2D eigenvalue weighted by Crippen LogP contribution is -2.67. The summed E-state index contributed by atoms with van der Waals surface area (Å²) in [6.07, 6.45) is 0.622. The number of rotatable bonds is 2. The number of para-hydroxylation sites is 2. The Morgan fingerprint density at radius 2 is 1.67 bits per heavy atom. The van der Waals surface area contributed by atoms with E-state index in [0.29, 0.717) is 17.1 Å². The van der Waals surface area contributed by atoms with Crippen molar-refractivity contribution in [2.24, 2.45) is 0 Å². The lowest BCUT2D eigenvalue weighted by atomic mass is 9.88. The van der Waals surface area contributed by atoms with Gasteiger partial charge in [0.25, 0.3) is 5.91 Å². The minimum absolute atomic E-state index is 0.0808. The standard InChI is InChI=1S/C25H22N2O2S/c1-17-10-6-7-13-19(17)23(28)26-21-16-25(2,29-22-15-9-8-14-20(21)22)27(24(26)30)18-11-4-3-5-12-18/h3-15,21H,16H2,1-2H3/t21-,25+/m0/s1. The van der Waals surface area contributed by atoms with Crippen molar-refractivity contribution in [2.75, 3.05) is 4.90 Å². The van der Waals surface area contributed by atoms with Crippen molar-refractivity contribution in [3.63, 3.8) is 0 Å². The fourth-order valence-electron chi connectivity index (χ4n) is 4.54. The van der Waals surface area contributed by atoms with Gasteiger partial charge in [-0.15, -0.1) is 0 Å². The molecule has 0 saturated carbocycles. The van der Waals surface area contributed by atoms with Crippen molar-refractivity contribution in [2.45, 2.75) is 32.0 Å². The number of fused-ring (bicyclic) bond motifs is 4. The molecule has 150 valence electrons. The van der Waals surface area contributed by atoms with Crippen LogP contribution < -0.4 is 9.64 Å². The Morgan fingerprint density at radius 3 is 2.43 bits per heavy atom. The number of benzene rings is 3. The average Bonchev–Trinajstić information content (AvgIpc) is 2.74. The SMILES string of the molecule is Cc1ccccc1C(=O)N1C(=S)N(c2ccccc2)[C@@]2(C)C[C@H]1c1ccccc1O2. The van der Waals surface area contributed by atoms with E-state index < -0.39 is 5.72 Å². The molecule has 0 aromatic heterocycles. The lowest BCUT2D eigenvalue weighted by Gasteiger charge is -2.55. The van der Waals surface area contributed by atoms with Crippen LogP contribution in [0.2, 0.25) is 0 Å². The topological polar surface area (TPSA) is 32.8 Å². The Kier molecular flexibility index (Phi) is 4.36. The predicted molar refractivity (Wildman–Crippen MR) is 122 cm³/mol. The first-order valence-corrected chi connectivity index (χ1v) is 10.5. The van der Waals surface area contributed by atoms with Gasteiger partial charge in [-0.3, -0.25) is 14.6 Å². The first-order chi connectivity index (χ1) is 14.5. The van der Waals surface area contributed by atoms with Crippen LogP contribution in [0, 0.1) is 6.92 Å². The van der Waals surface area contributed by atoms with Crippen LogP contribution in [-0.2, 0) is 0 Å². The number of thiocarbonyl (C=S) groups is 1. The van der Waals surface area contributed by atoms with Crippen molar-refractivity contribution in [3.05, 3.63) is 95.6 Å². The summed E-state index contributed by atoms with van der Waals surface area (Å²) >= 11 is 5.96. The molecule has 1 saturated heterocycles. The number of hydrogen-bond acceptors (Lipinski definition) is 3. The summed E-state index contributed by atoms with van der Waals surface area (Å²) in [5.41, 5.74) is 2.82. The van der Waals surface area contributed by atoms with Crippen LogP contribution in [0.25, 0.3) is 0 Å². The maximum atomic E-state index is 13.8. The first-order valence-electron chi connectivity index (χ1n) is 10.1. The fourth-order valence-corrected chi connectivity index (χ4v) is 5.05. The summed E-state index contributed by atoms with van der Waals surface area (Å²) in [5, 5.41) is 0.461. The molecular weight excluding hydrogens is 392 g/mol. The summed E-state index contributed by atoms with van der Waals surface area (Å²) < 4.78 is 6.49. The van der Waals surface area contributed by atoms with Gasteiger partial charge in [0, 0.05) is 23.2 Å². The van der Waals surface area contributed by atoms with Gasteiger partial charge in [0.05, 0.1) is 6.04 Å². The minimum Gasteiger partial charge on any atom is -0.467 e. The normalized spacial score (nSPS) is 22.3. The maximum Gasteiger partial charge on any atom is 0.260 e. The highest BCUT2D eigenvalue weighted by Crippen LogP contribution is 2.49. The van der Waals surface area contributed by atoms with Crippen molar-refractivity contribution >= 4 is 28.9 Å². The highest BCUT2D eigenvalue weighted by molar-refractivity contribution is 7.80. The number of ether oxygens (including phenoxy) is 1. The second kappa shape index (κ2) is 6.96. The Bertz CT molecular complexity index is 1150. The molecule has 3 aromatic rings. The smallest absolute Gasteiger partial charge is 0.260 e. The van der Waals surface area contributed by atoms with Crippen molar-refractivity contribution in [1.29, 1.82) is 0 Å². The van der Waals surface area contributed by atoms with Crippen molar-refractivity contribution in [1.82, 2.24) is 4.90 Å². The highest BCUT2D eigenvalue weighted by Gasteiger charge is 2.53. The van der Waals surface area contributed by atoms with Crippen LogP contribution in [0.4, 0.5) is 5.69 Å². The molecule has 0 N–H and O–H groups in total. The van der Waals surface area contributed by atoms with Gasteiger partial charge in [-0.05, 0) is 55.9 Å². The van der Waals surface area contributed by atoms with Gasteiger partial charge in [0.2, 0.25) is 0 Å². The third-order valence-electron chi connectivity index (χ3n) is 5.97. The molecule has 30 heavy (non-hydrogen) atoms. The first kappa shape index (κ1) is 18.8. The number of hydrogen-bond donors (Lipinski definition) is 0. The molecule has 4 nitrogen and oxygen atoms in total. The van der Waals surface area contributed by atoms with Gasteiger partial charge in [-0.1, -0.05) is 54.6 Å². The number of carbonyl (C=O) groups excluding carboxylic acids is 1. The molecule has 2 aliphatic heterocycles. The van der Waals surface area contributed by atoms with E-state index in [-0.39, 0.29) is 11.9 Å². The van der Waals surface area contributed by atoms with E-state index in [1.165, 1.54) is 0 Å². The van der Waals surface area contributed by atoms with E-state index >= 15 is 0 Å². The van der Waals surface area contributed by atoms with E-state index in [1.807, 2.05) is 97.6 Å². The third kappa shape index (κ3) is 2.81. The number of nitrogens with zero attached hydrogens (tertiary/aromatic N) is 2. The second-order valence-electron chi connectivity index (χ2n) is 7.98. The number of aryl methyl sites for hydroxylation is 1. The molecule has 0 aliphatic carbocycles. The molecular formula is C25H22N2O2S. The zero-order chi connectivity index (χ0) is 20.9. The van der Waals surface area contributed by atoms with Gasteiger partial charge < -0.3 is 4.74 Å². The van der Waals surface area contributed by atoms with E-state index in [2.05, 4.69) is 0 Å². The van der Waals surface area contributed by atoms with E-state index in [9.17, 15) is 4.79 Å². The van der Waals surface area contributed by atoms with Gasteiger partial charge in [-0.25, -0.2) is 0 Å². The highest BCUT2D eigenvalue weighted by atomic mass is 32.1. The molecule has 2 aliphatic rings. The summed E-state index contributed by atoms with van der Waals surface area (Å²) in [7, 11) is 0. The van der Waals surface area contributed by atoms with E-state index in [0.717, 1.165) is 22.6 Å². The number of anilines is 1. The molecule has 1 fully saturated rings. The van der Waals surface area contributed by atoms with E-state index in [1.54, 1.807) is 4.90 Å². The van der Waals surface area contributed by atoms with Gasteiger partial charge in [0.15, 0.2) is 10.8 Å². The fraction of sp³-hybridized carbons (Fsp3) is 0.200. The maximum absolute atomic E-state index is 13.8. The van der Waals surface area contributed by atoms with Crippen LogP contribution in [0.1, 0.15) is 40.9 Å². The average molecular weight is 415 g/mol. The monoisotopic (exact) mass is 414 g/mol. The van der Waals surface area contributed by atoms with E-state index in [4.69, 9.17) is 17.0 Å². The summed E-state index contributed by atoms with van der Waals surface area (Å²) in [6, 6.07) is 25.3. The largest absolute Gasteiger partial charge is 0.467 e. The van der Waals surface area contributed by atoms with Crippen LogP contribution in [0.5, 0.6) is 5.75 Å². The zero-order valence-corrected chi connectivity index (χ0v) is 17.7. The molecule has 0 spiro atoms. The Hall–Kier alpha value is -3.18. The van der Waals surface area contributed by atoms with Crippen molar-refractivity contribution in [3.8, 4) is 5.75 Å². The molecule has 3 aromatic carbocycles. The summed E-state index contributed by atoms with van der Waals surface area (Å²) in [4.78, 5) is 17.5. The molecule has 2 bridgehead atoms. The minimum atomic E-state index is -0.681. The van der Waals surface area contributed by atoms with Gasteiger partial charge in [-0.2, -0.15) is 0 Å². The van der Waals surface area contributed by atoms with Crippen LogP contribution >= 0.6 is 12.2 Å². The molecule has 2 atom stereocenters. The van der Waals surface area contributed by atoms with Crippen molar-refractivity contribution < 1.29 is 9.53 Å². The Morgan fingerprint density at radius 1 is 1.00 bits per heavy atom. The zero-order valence-electron chi connectivity index (χ0n) is 16.9. The lowest BCUT2D eigenvalue weighted by molar-refractivity contribution is 0.0184. The van der Waals surface area contributed by atoms with Crippen LogP contribution in [0.3, 0.4) is 0 Å². The summed E-state index contributed by atoms with van der Waals surface area (Å²) in [6.45, 7) is 4.00. The van der Waals surface area contributed by atoms with Crippen LogP contribution in [0.15, 0.2) is 78.9 Å². The molecule has 0 unspecified atom stereocenters. The summed E-state index contributed by atoms with van der Waals surface area (Å²) in [5.74, 6) is 0.713. The Labute approximate surface area is 181 Å². The molecule has 2 heterocycles. The Balaban J connectivity index is 1.69. The number of amides is 1. The second-order valence-corrected chi connectivity index (χ2v) is 8.34. The predicted octanol–water partition coefficient (Wildman–Crippen LogP) is 5.48. The van der Waals surface area contributed by atoms with Gasteiger partial charge >= 0.3 is 0 Å². The molecule has 5 rings (SSSR count). The third-order valence-corrected chi connectivity index (χ3v) is 6.35. The number of carbonyl (C=O) groups is 1. The van der Waals surface area contributed by atoms with Gasteiger partial charge in [0.1, 0.15) is 5.75 Å². The molecule has 1 amide bonds.